The van der Waals surface area contributed by atoms with Gasteiger partial charge in [-0.3, -0.25) is 9.89 Å². The zero-order valence-electron chi connectivity index (χ0n) is 14.0. The molecule has 0 atom stereocenters. The minimum absolute atomic E-state index is 0.0216. The molecule has 0 radical (unpaired) electrons. The highest BCUT2D eigenvalue weighted by Gasteiger charge is 2.37. The lowest BCUT2D eigenvalue weighted by Crippen LogP contribution is -2.32. The number of imide groups is 1. The van der Waals surface area contributed by atoms with Crippen molar-refractivity contribution in [1.29, 1.82) is 0 Å². The summed E-state index contributed by atoms with van der Waals surface area (Å²) in [7, 11) is 0. The van der Waals surface area contributed by atoms with Crippen LogP contribution in [0.2, 0.25) is 0 Å². The summed E-state index contributed by atoms with van der Waals surface area (Å²) in [6.45, 7) is -0.379. The highest BCUT2D eigenvalue weighted by molar-refractivity contribution is 6.19. The Kier molecular flexibility index (Phi) is 4.15. The van der Waals surface area contributed by atoms with Gasteiger partial charge < -0.3 is 4.90 Å². The minimum atomic E-state index is -0.625. The van der Waals surface area contributed by atoms with Gasteiger partial charge in [0.1, 0.15) is 18.2 Å². The molecule has 2 heterocycles. The first kappa shape index (κ1) is 16.9. The first-order valence-electron chi connectivity index (χ1n) is 8.18. The van der Waals surface area contributed by atoms with E-state index >= 15 is 0 Å². The van der Waals surface area contributed by atoms with Crippen molar-refractivity contribution in [3.05, 3.63) is 72.1 Å². The summed E-state index contributed by atoms with van der Waals surface area (Å²) in [4.78, 5) is 27.2. The molecule has 1 N–H and O–H groups in total. The molecule has 8 heteroatoms. The molecule has 1 fully saturated rings. The lowest BCUT2D eigenvalue weighted by Gasteiger charge is -2.17. The van der Waals surface area contributed by atoms with E-state index in [2.05, 4.69) is 10.2 Å². The number of hydrogen-bond donors (Lipinski definition) is 1. The molecule has 1 aromatic heterocycles. The number of nitrogens with one attached hydrogen (secondary N) is 1. The number of H-pyrrole nitrogens is 1. The first-order valence-corrected chi connectivity index (χ1v) is 8.18. The van der Waals surface area contributed by atoms with Crippen molar-refractivity contribution in [1.82, 2.24) is 15.1 Å². The molecule has 3 amide bonds. The largest absolute Gasteiger partial charge is 0.332 e. The standard InChI is InChI=1S/C19H14F2N4O2/c20-15-3-6-17(21)13(7-15)10-24-11-18(26)25(19(24)27)16-4-1-12(2-5-16)14-8-22-23-9-14/h1-9H,10-11H2,(H,22,23). The number of aromatic nitrogens is 2. The Morgan fingerprint density at radius 2 is 1.81 bits per heavy atom. The summed E-state index contributed by atoms with van der Waals surface area (Å²) < 4.78 is 27.2. The van der Waals surface area contributed by atoms with Gasteiger partial charge in [0.05, 0.1) is 18.4 Å². The highest BCUT2D eigenvalue weighted by atomic mass is 19.1. The monoisotopic (exact) mass is 368 g/mol. The smallest absolute Gasteiger partial charge is 0.310 e. The third-order valence-electron chi connectivity index (χ3n) is 4.36. The Morgan fingerprint density at radius 1 is 1.04 bits per heavy atom. The van der Waals surface area contributed by atoms with Crippen molar-refractivity contribution >= 4 is 17.6 Å². The minimum Gasteiger partial charge on any atom is -0.310 e. The maximum Gasteiger partial charge on any atom is 0.332 e. The number of amides is 3. The molecule has 2 aromatic carbocycles. The van der Waals surface area contributed by atoms with Crippen molar-refractivity contribution in [2.75, 3.05) is 11.4 Å². The maximum atomic E-state index is 13.8. The second kappa shape index (κ2) is 6.64. The number of halogens is 2. The van der Waals surface area contributed by atoms with E-state index in [9.17, 15) is 18.4 Å². The fourth-order valence-corrected chi connectivity index (χ4v) is 3.01. The molecule has 0 bridgehead atoms. The van der Waals surface area contributed by atoms with Crippen LogP contribution in [0, 0.1) is 11.6 Å². The number of nitrogens with zero attached hydrogens (tertiary/aromatic N) is 3. The van der Waals surface area contributed by atoms with Crippen LogP contribution in [0.25, 0.3) is 11.1 Å². The molecule has 4 rings (SSSR count). The van der Waals surface area contributed by atoms with Crippen LogP contribution in [0.15, 0.2) is 54.9 Å². The summed E-state index contributed by atoms with van der Waals surface area (Å²) in [5.41, 5.74) is 2.20. The zero-order valence-corrected chi connectivity index (χ0v) is 14.0. The SMILES string of the molecule is O=C1CN(Cc2cc(F)ccc2F)C(=O)N1c1ccc(-c2cn[nH]c2)cc1. The van der Waals surface area contributed by atoms with Gasteiger partial charge in [-0.2, -0.15) is 5.10 Å². The molecule has 0 spiro atoms. The summed E-state index contributed by atoms with van der Waals surface area (Å²) in [5, 5.41) is 6.59. The third-order valence-corrected chi connectivity index (χ3v) is 4.36. The molecule has 1 saturated heterocycles. The average molecular weight is 368 g/mol. The first-order chi connectivity index (χ1) is 13.0. The lowest BCUT2D eigenvalue weighted by atomic mass is 10.1. The fourth-order valence-electron chi connectivity index (χ4n) is 3.01. The lowest BCUT2D eigenvalue weighted by molar-refractivity contribution is -0.116. The van der Waals surface area contributed by atoms with Gasteiger partial charge in [0, 0.05) is 17.3 Å². The molecule has 27 heavy (non-hydrogen) atoms. The van der Waals surface area contributed by atoms with Crippen LogP contribution in [-0.4, -0.2) is 33.6 Å². The number of aromatic amines is 1. The predicted molar refractivity (Wildman–Crippen MR) is 93.7 cm³/mol. The van der Waals surface area contributed by atoms with Crippen molar-refractivity contribution in [2.24, 2.45) is 0 Å². The van der Waals surface area contributed by atoms with Crippen LogP contribution < -0.4 is 4.90 Å². The molecule has 6 nitrogen and oxygen atoms in total. The van der Waals surface area contributed by atoms with Crippen molar-refractivity contribution in [2.45, 2.75) is 6.54 Å². The third kappa shape index (κ3) is 3.17. The van der Waals surface area contributed by atoms with E-state index in [1.807, 2.05) is 0 Å². The molecule has 136 valence electrons. The number of carbonyl (C=O) groups excluding carboxylic acids is 2. The summed E-state index contributed by atoms with van der Waals surface area (Å²) in [6, 6.07) is 9.32. The van der Waals surface area contributed by atoms with Gasteiger partial charge in [0.15, 0.2) is 0 Å². The van der Waals surface area contributed by atoms with Crippen molar-refractivity contribution in [3.63, 3.8) is 0 Å². The Hall–Kier alpha value is -3.55. The van der Waals surface area contributed by atoms with Crippen LogP contribution in [-0.2, 0) is 11.3 Å². The second-order valence-electron chi connectivity index (χ2n) is 6.14. The number of carbonyl (C=O) groups is 2. The quantitative estimate of drug-likeness (QED) is 0.718. The molecule has 0 unspecified atom stereocenters. The van der Waals surface area contributed by atoms with Gasteiger partial charge >= 0.3 is 6.03 Å². The Morgan fingerprint density at radius 3 is 2.52 bits per heavy atom. The molecule has 3 aromatic rings. The number of benzene rings is 2. The maximum absolute atomic E-state index is 13.8. The van der Waals surface area contributed by atoms with Crippen LogP contribution >= 0.6 is 0 Å². The van der Waals surface area contributed by atoms with E-state index in [-0.39, 0.29) is 18.7 Å². The van der Waals surface area contributed by atoms with Gasteiger partial charge in [-0.1, -0.05) is 12.1 Å². The van der Waals surface area contributed by atoms with E-state index in [1.54, 1.807) is 36.7 Å². The highest BCUT2D eigenvalue weighted by Crippen LogP contribution is 2.26. The van der Waals surface area contributed by atoms with Gasteiger partial charge in [-0.25, -0.2) is 18.5 Å². The van der Waals surface area contributed by atoms with Crippen molar-refractivity contribution < 1.29 is 18.4 Å². The number of rotatable bonds is 4. The van der Waals surface area contributed by atoms with E-state index in [1.165, 1.54) is 4.90 Å². The fraction of sp³-hybridized carbons (Fsp3) is 0.105. The van der Waals surface area contributed by atoms with Gasteiger partial charge in [0.25, 0.3) is 5.91 Å². The summed E-state index contributed by atoms with van der Waals surface area (Å²) in [5.74, 6) is -1.65. The normalized spacial score (nSPS) is 14.3. The van der Waals surface area contributed by atoms with Crippen LogP contribution in [0.3, 0.4) is 0 Å². The Balaban J connectivity index is 1.55. The van der Waals surface area contributed by atoms with E-state index in [0.29, 0.717) is 5.69 Å². The Labute approximate surface area is 153 Å². The topological polar surface area (TPSA) is 69.3 Å². The predicted octanol–water partition coefficient (Wildman–Crippen LogP) is 3.32. The van der Waals surface area contributed by atoms with E-state index in [0.717, 1.165) is 34.2 Å². The van der Waals surface area contributed by atoms with Crippen LogP contribution in [0.1, 0.15) is 5.56 Å². The summed E-state index contributed by atoms with van der Waals surface area (Å²) >= 11 is 0. The molecular weight excluding hydrogens is 354 g/mol. The molecular formula is C19H14F2N4O2. The second-order valence-corrected chi connectivity index (χ2v) is 6.14. The number of urea groups is 1. The van der Waals surface area contributed by atoms with Crippen LogP contribution in [0.5, 0.6) is 0 Å². The van der Waals surface area contributed by atoms with Gasteiger partial charge in [0.2, 0.25) is 0 Å². The molecule has 1 aliphatic rings. The summed E-state index contributed by atoms with van der Waals surface area (Å²) in [6.07, 6.45) is 3.40. The van der Waals surface area contributed by atoms with E-state index in [4.69, 9.17) is 0 Å². The number of anilines is 1. The zero-order chi connectivity index (χ0) is 19.0. The molecule has 0 saturated carbocycles. The average Bonchev–Trinajstić information content (AvgIpc) is 3.28. The molecule has 0 aliphatic carbocycles. The van der Waals surface area contributed by atoms with Gasteiger partial charge in [-0.15, -0.1) is 0 Å². The van der Waals surface area contributed by atoms with E-state index < -0.39 is 23.6 Å². The Bertz CT molecular complexity index is 1000. The van der Waals surface area contributed by atoms with Crippen LogP contribution in [0.4, 0.5) is 19.3 Å². The van der Waals surface area contributed by atoms with Gasteiger partial charge in [-0.05, 0) is 35.9 Å². The number of hydrogen-bond acceptors (Lipinski definition) is 3. The molecule has 1 aliphatic heterocycles. The van der Waals surface area contributed by atoms with Crippen molar-refractivity contribution in [3.8, 4) is 11.1 Å².